The minimum Gasteiger partial charge on any atom is -0.506 e. The number of rotatable bonds is 4. The van der Waals surface area contributed by atoms with E-state index in [-0.39, 0.29) is 15.8 Å². The molecule has 0 atom stereocenters. The molecule has 4 nitrogen and oxygen atoms in total. The number of benzene rings is 2. The van der Waals surface area contributed by atoms with E-state index < -0.39 is 5.97 Å². The Morgan fingerprint density at radius 2 is 1.95 bits per heavy atom. The third kappa shape index (κ3) is 2.93. The number of halogens is 1. The number of phenols is 1. The molecule has 0 fully saturated rings. The minimum atomic E-state index is -1.17. The molecule has 0 spiro atoms. The van der Waals surface area contributed by atoms with Gasteiger partial charge in [0.2, 0.25) is 0 Å². The molecule has 0 saturated heterocycles. The maximum absolute atomic E-state index is 11.1. The van der Waals surface area contributed by atoms with Gasteiger partial charge in [-0.25, -0.2) is 4.79 Å². The van der Waals surface area contributed by atoms with Crippen LogP contribution < -0.4 is 4.74 Å². The molecule has 0 bridgehead atoms. The number of carbonyl (C=O) groups is 1. The minimum absolute atomic E-state index is 0.121. The lowest BCUT2D eigenvalue weighted by molar-refractivity contribution is 0.0692. The highest BCUT2D eigenvalue weighted by molar-refractivity contribution is 9.10. The number of carboxylic acids is 1. The Labute approximate surface area is 124 Å². The molecule has 104 valence electrons. The van der Waals surface area contributed by atoms with E-state index in [1.54, 1.807) is 13.0 Å². The molecular weight excluding hydrogens is 324 g/mol. The summed E-state index contributed by atoms with van der Waals surface area (Å²) < 4.78 is 5.87. The normalized spacial score (nSPS) is 10.3. The number of aromatic carboxylic acids is 1. The van der Waals surface area contributed by atoms with Crippen LogP contribution in [0.4, 0.5) is 0 Å². The third-order valence-electron chi connectivity index (χ3n) is 2.85. The topological polar surface area (TPSA) is 66.8 Å². The first-order valence-corrected chi connectivity index (χ1v) is 6.72. The van der Waals surface area contributed by atoms with Gasteiger partial charge >= 0.3 is 5.97 Å². The summed E-state index contributed by atoms with van der Waals surface area (Å²) in [4.78, 5) is 11.1. The van der Waals surface area contributed by atoms with E-state index in [0.29, 0.717) is 17.9 Å². The van der Waals surface area contributed by atoms with Gasteiger partial charge in [0.05, 0.1) is 0 Å². The van der Waals surface area contributed by atoms with Crippen LogP contribution in [0.5, 0.6) is 11.5 Å². The van der Waals surface area contributed by atoms with Crippen LogP contribution in [-0.4, -0.2) is 16.2 Å². The van der Waals surface area contributed by atoms with Gasteiger partial charge in [0.1, 0.15) is 28.1 Å². The SMILES string of the molecule is Cc1cc(OCc2ccccc2)c(Br)c(O)c1C(=O)O. The fourth-order valence-electron chi connectivity index (χ4n) is 1.86. The molecule has 0 heterocycles. The lowest BCUT2D eigenvalue weighted by Gasteiger charge is -2.13. The summed E-state index contributed by atoms with van der Waals surface area (Å²) >= 11 is 3.17. The van der Waals surface area contributed by atoms with Crippen molar-refractivity contribution in [2.24, 2.45) is 0 Å². The Bertz CT molecular complexity index is 638. The molecule has 0 aliphatic rings. The summed E-state index contributed by atoms with van der Waals surface area (Å²) in [6.07, 6.45) is 0. The van der Waals surface area contributed by atoms with Gasteiger partial charge in [-0.1, -0.05) is 30.3 Å². The number of carboxylic acid groups (broad SMARTS) is 1. The van der Waals surface area contributed by atoms with Crippen molar-refractivity contribution in [3.05, 3.63) is 57.6 Å². The number of aryl methyl sites for hydroxylation is 1. The molecule has 0 radical (unpaired) electrons. The van der Waals surface area contributed by atoms with Crippen molar-refractivity contribution in [2.45, 2.75) is 13.5 Å². The van der Waals surface area contributed by atoms with Gasteiger partial charge < -0.3 is 14.9 Å². The Balaban J connectivity index is 2.28. The Morgan fingerprint density at radius 3 is 2.55 bits per heavy atom. The predicted octanol–water partition coefficient (Wildman–Crippen LogP) is 3.74. The van der Waals surface area contributed by atoms with E-state index in [2.05, 4.69) is 15.9 Å². The van der Waals surface area contributed by atoms with Crippen molar-refractivity contribution in [1.29, 1.82) is 0 Å². The smallest absolute Gasteiger partial charge is 0.339 e. The van der Waals surface area contributed by atoms with Gasteiger partial charge in [-0.05, 0) is 40.0 Å². The van der Waals surface area contributed by atoms with Gasteiger partial charge in [-0.15, -0.1) is 0 Å². The summed E-state index contributed by atoms with van der Waals surface area (Å²) in [5.74, 6) is -1.08. The highest BCUT2D eigenvalue weighted by atomic mass is 79.9. The first-order valence-electron chi connectivity index (χ1n) is 5.92. The van der Waals surface area contributed by atoms with Crippen LogP contribution >= 0.6 is 15.9 Å². The van der Waals surface area contributed by atoms with Crippen molar-refractivity contribution in [1.82, 2.24) is 0 Å². The van der Waals surface area contributed by atoms with Crippen LogP contribution in [0.2, 0.25) is 0 Å². The monoisotopic (exact) mass is 336 g/mol. The number of hydrogen-bond donors (Lipinski definition) is 2. The van der Waals surface area contributed by atoms with Crippen LogP contribution in [-0.2, 0) is 6.61 Å². The average Bonchev–Trinajstić information content (AvgIpc) is 2.42. The Hall–Kier alpha value is -2.01. The molecule has 0 unspecified atom stereocenters. The van der Waals surface area contributed by atoms with Crippen LogP contribution in [0.3, 0.4) is 0 Å². The van der Waals surface area contributed by atoms with Crippen LogP contribution in [0.15, 0.2) is 40.9 Å². The molecule has 0 saturated carbocycles. The first kappa shape index (κ1) is 14.4. The van der Waals surface area contributed by atoms with E-state index in [1.165, 1.54) is 0 Å². The zero-order chi connectivity index (χ0) is 14.7. The van der Waals surface area contributed by atoms with Crippen molar-refractivity contribution in [2.75, 3.05) is 0 Å². The van der Waals surface area contributed by atoms with E-state index >= 15 is 0 Å². The maximum Gasteiger partial charge on any atom is 0.339 e. The number of hydrogen-bond acceptors (Lipinski definition) is 3. The quantitative estimate of drug-likeness (QED) is 0.892. The Morgan fingerprint density at radius 1 is 1.30 bits per heavy atom. The molecule has 0 aliphatic heterocycles. The highest BCUT2D eigenvalue weighted by Crippen LogP contribution is 2.39. The van der Waals surface area contributed by atoms with Crippen LogP contribution in [0, 0.1) is 6.92 Å². The zero-order valence-corrected chi connectivity index (χ0v) is 12.3. The zero-order valence-electron chi connectivity index (χ0n) is 10.8. The molecule has 0 aliphatic carbocycles. The third-order valence-corrected chi connectivity index (χ3v) is 3.62. The summed E-state index contributed by atoms with van der Waals surface area (Å²) in [6.45, 7) is 1.95. The maximum atomic E-state index is 11.1. The van der Waals surface area contributed by atoms with E-state index in [4.69, 9.17) is 9.84 Å². The van der Waals surface area contributed by atoms with Gasteiger partial charge in [0, 0.05) is 0 Å². The van der Waals surface area contributed by atoms with E-state index in [9.17, 15) is 9.90 Å². The molecule has 0 amide bonds. The molecular formula is C15H13BrO4. The van der Waals surface area contributed by atoms with Crippen molar-refractivity contribution in [3.8, 4) is 11.5 Å². The van der Waals surface area contributed by atoms with Crippen molar-refractivity contribution >= 4 is 21.9 Å². The molecule has 2 rings (SSSR count). The second kappa shape index (κ2) is 5.96. The van der Waals surface area contributed by atoms with Gasteiger partial charge in [-0.3, -0.25) is 0 Å². The lowest BCUT2D eigenvalue weighted by Crippen LogP contribution is -2.03. The second-order valence-corrected chi connectivity index (χ2v) is 5.10. The molecule has 5 heteroatoms. The fourth-order valence-corrected chi connectivity index (χ4v) is 2.28. The summed E-state index contributed by atoms with van der Waals surface area (Å²) in [5, 5.41) is 19.0. The Kier molecular flexibility index (Phi) is 4.29. The van der Waals surface area contributed by atoms with Gasteiger partial charge in [0.25, 0.3) is 0 Å². The number of ether oxygens (including phenoxy) is 1. The summed E-state index contributed by atoms with van der Waals surface area (Å²) in [5.41, 5.74) is 1.31. The highest BCUT2D eigenvalue weighted by Gasteiger charge is 2.19. The summed E-state index contributed by atoms with van der Waals surface area (Å²) in [6, 6.07) is 11.2. The van der Waals surface area contributed by atoms with Gasteiger partial charge in [-0.2, -0.15) is 0 Å². The van der Waals surface area contributed by atoms with Crippen molar-refractivity contribution < 1.29 is 19.7 Å². The molecule has 2 N–H and O–H groups in total. The molecule has 20 heavy (non-hydrogen) atoms. The van der Waals surface area contributed by atoms with Crippen LogP contribution in [0.25, 0.3) is 0 Å². The van der Waals surface area contributed by atoms with Crippen molar-refractivity contribution in [3.63, 3.8) is 0 Å². The molecule has 0 aromatic heterocycles. The van der Waals surface area contributed by atoms with E-state index in [1.807, 2.05) is 30.3 Å². The summed E-state index contributed by atoms with van der Waals surface area (Å²) in [7, 11) is 0. The van der Waals surface area contributed by atoms with Crippen LogP contribution in [0.1, 0.15) is 21.5 Å². The fraction of sp³-hybridized carbons (Fsp3) is 0.133. The average molecular weight is 337 g/mol. The molecule has 2 aromatic carbocycles. The first-order chi connectivity index (χ1) is 9.50. The second-order valence-electron chi connectivity index (χ2n) is 4.31. The van der Waals surface area contributed by atoms with E-state index in [0.717, 1.165) is 5.56 Å². The van der Waals surface area contributed by atoms with Gasteiger partial charge in [0.15, 0.2) is 0 Å². The number of aromatic hydroxyl groups is 1. The predicted molar refractivity (Wildman–Crippen MR) is 78.3 cm³/mol. The largest absolute Gasteiger partial charge is 0.506 e. The lowest BCUT2D eigenvalue weighted by atomic mass is 10.1. The standard InChI is InChI=1S/C15H13BrO4/c1-9-7-11(13(16)14(17)12(9)15(18)19)20-8-10-5-3-2-4-6-10/h2-7,17H,8H2,1H3,(H,18,19). The molecule has 2 aromatic rings.